The molecule has 2 aromatic carbocycles. The maximum Gasteiger partial charge on any atom is 0.118 e. The van der Waals surface area contributed by atoms with Gasteiger partial charge < -0.3 is 14.6 Å². The van der Waals surface area contributed by atoms with Gasteiger partial charge in [0.15, 0.2) is 0 Å². The molecule has 0 unspecified atom stereocenters. The van der Waals surface area contributed by atoms with Crippen LogP contribution in [0.3, 0.4) is 0 Å². The number of allylic oxidation sites excluding steroid dienone is 1. The van der Waals surface area contributed by atoms with E-state index in [2.05, 4.69) is 6.08 Å². The van der Waals surface area contributed by atoms with Crippen molar-refractivity contribution < 1.29 is 14.6 Å². The number of pyridine rings is 1. The molecule has 124 valence electrons. The van der Waals surface area contributed by atoms with Gasteiger partial charge in [-0.2, -0.15) is 0 Å². The van der Waals surface area contributed by atoms with E-state index in [-0.39, 0.29) is 5.56 Å². The Morgan fingerprint density at radius 3 is 2.60 bits per heavy atom. The SMILES string of the molecule is COc1ccc(/C=C2\CCc3c2nc2ccccc2c3C(=O)[O-])cc1. The number of para-hydroxylation sites is 1. The predicted octanol–water partition coefficient (Wildman–Crippen LogP) is 3.09. The summed E-state index contributed by atoms with van der Waals surface area (Å²) < 4.78 is 5.18. The van der Waals surface area contributed by atoms with Crippen LogP contribution in [0.4, 0.5) is 0 Å². The first-order chi connectivity index (χ1) is 12.2. The molecule has 4 nitrogen and oxygen atoms in total. The third-order valence-electron chi connectivity index (χ3n) is 4.60. The molecule has 0 saturated heterocycles. The van der Waals surface area contributed by atoms with E-state index in [1.807, 2.05) is 42.5 Å². The average molecular weight is 330 g/mol. The van der Waals surface area contributed by atoms with Crippen molar-refractivity contribution >= 4 is 28.5 Å². The number of carbonyl (C=O) groups is 1. The number of aromatic carboxylic acids is 1. The summed E-state index contributed by atoms with van der Waals surface area (Å²) in [5.41, 5.74) is 4.59. The van der Waals surface area contributed by atoms with Gasteiger partial charge in [-0.15, -0.1) is 0 Å². The summed E-state index contributed by atoms with van der Waals surface area (Å²) in [6.45, 7) is 0. The Labute approximate surface area is 145 Å². The molecule has 0 aliphatic heterocycles. The number of fused-ring (bicyclic) bond motifs is 2. The second-order valence-corrected chi connectivity index (χ2v) is 6.06. The molecular weight excluding hydrogens is 314 g/mol. The van der Waals surface area contributed by atoms with E-state index in [9.17, 15) is 9.90 Å². The summed E-state index contributed by atoms with van der Waals surface area (Å²) in [6, 6.07) is 15.1. The second-order valence-electron chi connectivity index (χ2n) is 6.06. The lowest BCUT2D eigenvalue weighted by molar-refractivity contribution is -0.254. The smallest absolute Gasteiger partial charge is 0.118 e. The molecule has 0 fully saturated rings. The van der Waals surface area contributed by atoms with Gasteiger partial charge in [-0.05, 0) is 53.8 Å². The van der Waals surface area contributed by atoms with Crippen LogP contribution in [0.15, 0.2) is 48.5 Å². The third kappa shape index (κ3) is 2.66. The topological polar surface area (TPSA) is 62.2 Å². The first-order valence-electron chi connectivity index (χ1n) is 8.15. The fraction of sp³-hybridized carbons (Fsp3) is 0.143. The molecule has 1 aliphatic carbocycles. The van der Waals surface area contributed by atoms with Gasteiger partial charge in [0.2, 0.25) is 0 Å². The van der Waals surface area contributed by atoms with Gasteiger partial charge in [-0.3, -0.25) is 0 Å². The molecule has 0 atom stereocenters. The van der Waals surface area contributed by atoms with Crippen LogP contribution in [0.25, 0.3) is 22.6 Å². The standard InChI is InChI=1S/C21H17NO3/c1-25-15-9-6-13(7-10-15)12-14-8-11-17-19(21(23)24)16-4-2-3-5-18(16)22-20(14)17/h2-7,9-10,12H,8,11H2,1H3,(H,23,24)/p-1/b14-12+. The minimum Gasteiger partial charge on any atom is -0.545 e. The van der Waals surface area contributed by atoms with Gasteiger partial charge in [0.25, 0.3) is 0 Å². The highest BCUT2D eigenvalue weighted by Gasteiger charge is 2.23. The highest BCUT2D eigenvalue weighted by atomic mass is 16.5. The van der Waals surface area contributed by atoms with Crippen LogP contribution in [0, 0.1) is 0 Å². The molecule has 1 aliphatic rings. The van der Waals surface area contributed by atoms with E-state index in [4.69, 9.17) is 9.72 Å². The van der Waals surface area contributed by atoms with E-state index < -0.39 is 5.97 Å². The Hall–Kier alpha value is -3.14. The summed E-state index contributed by atoms with van der Waals surface area (Å²) in [6.07, 6.45) is 3.50. The quantitative estimate of drug-likeness (QED) is 0.740. The van der Waals surface area contributed by atoms with E-state index in [1.54, 1.807) is 13.2 Å². The minimum atomic E-state index is -1.14. The minimum absolute atomic E-state index is 0.277. The molecule has 4 heteroatoms. The zero-order valence-electron chi connectivity index (χ0n) is 13.8. The van der Waals surface area contributed by atoms with Crippen LogP contribution in [0.1, 0.15) is 33.6 Å². The number of aromatic nitrogens is 1. The predicted molar refractivity (Wildman–Crippen MR) is 95.3 cm³/mol. The Kier molecular flexibility index (Phi) is 3.73. The van der Waals surface area contributed by atoms with Gasteiger partial charge in [0.1, 0.15) is 5.75 Å². The molecule has 4 rings (SSSR count). The number of hydrogen-bond donors (Lipinski definition) is 0. The Balaban J connectivity index is 1.87. The highest BCUT2D eigenvalue weighted by Crippen LogP contribution is 2.37. The van der Waals surface area contributed by atoms with Crippen molar-refractivity contribution in [2.45, 2.75) is 12.8 Å². The fourth-order valence-electron chi connectivity index (χ4n) is 3.41. The second kappa shape index (κ2) is 6.06. The van der Waals surface area contributed by atoms with Gasteiger partial charge in [-0.25, -0.2) is 4.98 Å². The number of methoxy groups -OCH3 is 1. The molecule has 25 heavy (non-hydrogen) atoms. The third-order valence-corrected chi connectivity index (χ3v) is 4.60. The van der Waals surface area contributed by atoms with E-state index in [1.165, 1.54) is 0 Å². The fourth-order valence-corrected chi connectivity index (χ4v) is 3.41. The molecule has 0 N–H and O–H groups in total. The number of benzene rings is 2. The summed E-state index contributed by atoms with van der Waals surface area (Å²) in [5.74, 6) is -0.335. The van der Waals surface area contributed by atoms with Crippen molar-refractivity contribution in [1.29, 1.82) is 0 Å². The van der Waals surface area contributed by atoms with Crippen LogP contribution in [0.5, 0.6) is 5.75 Å². The number of carboxylic acids is 1. The van der Waals surface area contributed by atoms with Crippen molar-refractivity contribution in [3.63, 3.8) is 0 Å². The summed E-state index contributed by atoms with van der Waals surface area (Å²) in [4.78, 5) is 16.5. The lowest BCUT2D eigenvalue weighted by Crippen LogP contribution is -2.24. The summed E-state index contributed by atoms with van der Waals surface area (Å²) >= 11 is 0. The first-order valence-corrected chi connectivity index (χ1v) is 8.15. The lowest BCUT2D eigenvalue weighted by Gasteiger charge is -2.13. The van der Waals surface area contributed by atoms with E-state index in [0.29, 0.717) is 17.3 Å². The van der Waals surface area contributed by atoms with Crippen LogP contribution < -0.4 is 9.84 Å². The van der Waals surface area contributed by atoms with Crippen molar-refractivity contribution in [1.82, 2.24) is 4.98 Å². The van der Waals surface area contributed by atoms with Crippen molar-refractivity contribution in [3.8, 4) is 5.75 Å². The van der Waals surface area contributed by atoms with Crippen molar-refractivity contribution in [2.24, 2.45) is 0 Å². The molecule has 0 bridgehead atoms. The number of nitrogens with zero attached hydrogens (tertiary/aromatic N) is 1. The lowest BCUT2D eigenvalue weighted by atomic mass is 10.0. The van der Waals surface area contributed by atoms with Crippen molar-refractivity contribution in [3.05, 3.63) is 70.9 Å². The Bertz CT molecular complexity index is 1000. The molecule has 0 amide bonds. The van der Waals surface area contributed by atoms with Gasteiger partial charge >= 0.3 is 0 Å². The van der Waals surface area contributed by atoms with Crippen LogP contribution in [0.2, 0.25) is 0 Å². The number of carbonyl (C=O) groups excluding carboxylic acids is 1. The first kappa shape index (κ1) is 15.4. The van der Waals surface area contributed by atoms with Crippen molar-refractivity contribution in [2.75, 3.05) is 7.11 Å². The zero-order valence-corrected chi connectivity index (χ0v) is 13.8. The van der Waals surface area contributed by atoms with Gasteiger partial charge in [-0.1, -0.05) is 30.3 Å². The van der Waals surface area contributed by atoms with Crippen LogP contribution in [-0.2, 0) is 6.42 Å². The Morgan fingerprint density at radius 1 is 1.12 bits per heavy atom. The van der Waals surface area contributed by atoms with Gasteiger partial charge in [0.05, 0.1) is 24.3 Å². The largest absolute Gasteiger partial charge is 0.545 e. The molecule has 3 aromatic rings. The maximum absolute atomic E-state index is 11.7. The van der Waals surface area contributed by atoms with Crippen LogP contribution >= 0.6 is 0 Å². The van der Waals surface area contributed by atoms with Crippen LogP contribution in [-0.4, -0.2) is 18.1 Å². The average Bonchev–Trinajstić information content (AvgIpc) is 3.02. The molecule has 1 aromatic heterocycles. The normalized spacial score (nSPS) is 14.7. The molecule has 1 heterocycles. The highest BCUT2D eigenvalue weighted by molar-refractivity contribution is 6.05. The molecule has 0 saturated carbocycles. The van der Waals surface area contributed by atoms with Gasteiger partial charge in [0, 0.05) is 10.9 Å². The summed E-state index contributed by atoms with van der Waals surface area (Å²) in [5, 5.41) is 12.4. The molecule has 0 spiro atoms. The monoisotopic (exact) mass is 330 g/mol. The molecule has 0 radical (unpaired) electrons. The number of ether oxygens (including phenoxy) is 1. The maximum atomic E-state index is 11.7. The summed E-state index contributed by atoms with van der Waals surface area (Å²) in [7, 11) is 1.64. The van der Waals surface area contributed by atoms with E-state index >= 15 is 0 Å². The van der Waals surface area contributed by atoms with E-state index in [0.717, 1.165) is 34.6 Å². The number of rotatable bonds is 3. The number of hydrogen-bond acceptors (Lipinski definition) is 4. The Morgan fingerprint density at radius 2 is 1.88 bits per heavy atom. The number of carboxylic acid groups (broad SMARTS) is 1. The molecular formula is C21H16NO3-. The zero-order chi connectivity index (χ0) is 17.4.